The van der Waals surface area contributed by atoms with Crippen molar-refractivity contribution in [2.24, 2.45) is 5.92 Å². The Labute approximate surface area is 308 Å². The zero-order valence-corrected chi connectivity index (χ0v) is 30.9. The van der Waals surface area contributed by atoms with Gasteiger partial charge in [-0.3, -0.25) is 19.1 Å². The van der Waals surface area contributed by atoms with Crippen LogP contribution in [-0.2, 0) is 29.1 Å². The quantitative estimate of drug-likeness (QED) is 0.200. The van der Waals surface area contributed by atoms with Crippen LogP contribution in [0, 0.1) is 5.92 Å². The maximum absolute atomic E-state index is 14.2. The van der Waals surface area contributed by atoms with E-state index in [9.17, 15) is 32.7 Å². The summed E-state index contributed by atoms with van der Waals surface area (Å²) in [5.41, 5.74) is -1.00. The highest BCUT2D eigenvalue weighted by molar-refractivity contribution is 7.91. The first-order valence-electron chi connectivity index (χ1n) is 17.6. The first-order valence-corrected chi connectivity index (χ1v) is 19.2. The number of carbonyl (C=O) groups excluding carboxylic acids is 4. The Kier molecular flexibility index (Phi) is 10.3. The molecule has 4 N–H and O–H groups in total. The third-order valence-electron chi connectivity index (χ3n) is 9.57. The van der Waals surface area contributed by atoms with E-state index in [0.29, 0.717) is 23.9 Å². The summed E-state index contributed by atoms with van der Waals surface area (Å²) < 4.78 is 39.3. The van der Waals surface area contributed by atoms with Crippen LogP contribution in [0.1, 0.15) is 53.4 Å². The van der Waals surface area contributed by atoms with Gasteiger partial charge in [-0.2, -0.15) is 0 Å². The fraction of sp³-hybridized carbons (Fsp3) is 0.447. The van der Waals surface area contributed by atoms with Crippen LogP contribution < -0.4 is 20.1 Å². The number of ether oxygens (including phenoxy) is 2. The highest BCUT2D eigenvalue weighted by Gasteiger charge is 2.62. The van der Waals surface area contributed by atoms with E-state index < -0.39 is 80.4 Å². The fourth-order valence-electron chi connectivity index (χ4n) is 6.57. The average Bonchev–Trinajstić information content (AvgIpc) is 4.03. The van der Waals surface area contributed by atoms with Gasteiger partial charge in [-0.1, -0.05) is 54.6 Å². The van der Waals surface area contributed by atoms with Gasteiger partial charge < -0.3 is 30.1 Å². The van der Waals surface area contributed by atoms with Crippen LogP contribution in [0.4, 0.5) is 4.79 Å². The normalized spacial score (nSPS) is 23.7. The van der Waals surface area contributed by atoms with Gasteiger partial charge in [-0.05, 0) is 64.5 Å². The number of pyridine rings is 1. The molecule has 1 saturated heterocycles. The van der Waals surface area contributed by atoms with E-state index in [1.165, 1.54) is 17.9 Å². The summed E-state index contributed by atoms with van der Waals surface area (Å²) in [6.07, 6.45) is -0.754. The molecule has 6 rings (SSSR count). The van der Waals surface area contributed by atoms with E-state index in [-0.39, 0.29) is 25.3 Å². The number of hydrogen-bond donors (Lipinski definition) is 4. The number of amides is 4. The summed E-state index contributed by atoms with van der Waals surface area (Å²) in [7, 11) is -3.93. The molecule has 2 saturated carbocycles. The lowest BCUT2D eigenvalue weighted by molar-refractivity contribution is -0.142. The largest absolute Gasteiger partial charge is 0.472 e. The molecule has 15 heteroatoms. The number of rotatable bonds is 12. The van der Waals surface area contributed by atoms with Gasteiger partial charge in [0.05, 0.1) is 23.6 Å². The van der Waals surface area contributed by atoms with Gasteiger partial charge in [-0.15, -0.1) is 6.58 Å². The number of aromatic nitrogens is 1. The minimum absolute atomic E-state index is 0.0566. The lowest BCUT2D eigenvalue weighted by Gasteiger charge is -2.31. The molecule has 0 spiro atoms. The summed E-state index contributed by atoms with van der Waals surface area (Å²) >= 11 is 0. The van der Waals surface area contributed by atoms with Crippen molar-refractivity contribution in [2.45, 2.75) is 94.1 Å². The van der Waals surface area contributed by atoms with E-state index in [4.69, 9.17) is 14.5 Å². The molecule has 2 aromatic carbocycles. The number of alkyl carbamates (subject to hydrolysis) is 1. The first-order chi connectivity index (χ1) is 25.0. The van der Waals surface area contributed by atoms with Crippen molar-refractivity contribution in [1.29, 1.82) is 0 Å². The molecular formula is C38H45N5O9S. The van der Waals surface area contributed by atoms with Gasteiger partial charge in [0, 0.05) is 23.3 Å². The van der Waals surface area contributed by atoms with Gasteiger partial charge in [-0.25, -0.2) is 18.2 Å². The Morgan fingerprint density at radius 3 is 2.38 bits per heavy atom. The van der Waals surface area contributed by atoms with Gasteiger partial charge in [0.2, 0.25) is 27.7 Å². The Morgan fingerprint density at radius 2 is 1.75 bits per heavy atom. The van der Waals surface area contributed by atoms with Crippen molar-refractivity contribution < 1.29 is 42.2 Å². The number of aliphatic hydroxyl groups is 1. The number of nitrogens with zero attached hydrogens (tertiary/aromatic N) is 2. The molecule has 2 aliphatic carbocycles. The lowest BCUT2D eigenvalue weighted by atomic mass is 10.1. The fourth-order valence-corrected chi connectivity index (χ4v) is 7.93. The van der Waals surface area contributed by atoms with Gasteiger partial charge >= 0.3 is 6.09 Å². The van der Waals surface area contributed by atoms with Crippen molar-refractivity contribution in [3.05, 3.63) is 73.3 Å². The number of sulfonamides is 1. The van der Waals surface area contributed by atoms with Crippen LogP contribution in [0.3, 0.4) is 0 Å². The molecule has 282 valence electrons. The third kappa shape index (κ3) is 8.31. The van der Waals surface area contributed by atoms with Crippen LogP contribution in [0.15, 0.2) is 73.3 Å². The Morgan fingerprint density at radius 1 is 1.08 bits per heavy atom. The zero-order chi connectivity index (χ0) is 38.3. The zero-order valence-electron chi connectivity index (χ0n) is 30.1. The van der Waals surface area contributed by atoms with Crippen LogP contribution >= 0.6 is 0 Å². The van der Waals surface area contributed by atoms with E-state index in [1.54, 1.807) is 20.8 Å². The molecule has 1 aromatic heterocycles. The minimum atomic E-state index is -3.93. The summed E-state index contributed by atoms with van der Waals surface area (Å²) in [4.78, 5) is 60.7. The van der Waals surface area contributed by atoms with Gasteiger partial charge in [0.15, 0.2) is 0 Å². The molecule has 3 fully saturated rings. The molecule has 0 bridgehead atoms. The maximum atomic E-state index is 14.2. The highest BCUT2D eigenvalue weighted by atomic mass is 32.2. The Balaban J connectivity index is 1.31. The van der Waals surface area contributed by atoms with Crippen molar-refractivity contribution >= 4 is 44.6 Å². The molecule has 0 unspecified atom stereocenters. The van der Waals surface area contributed by atoms with Gasteiger partial charge in [0.25, 0.3) is 5.91 Å². The number of fused-ring (bicyclic) bond motifs is 1. The molecular weight excluding hydrogens is 703 g/mol. The molecule has 6 atom stereocenters. The first kappa shape index (κ1) is 37.7. The van der Waals surface area contributed by atoms with E-state index >= 15 is 0 Å². The number of aliphatic hydroxyl groups excluding tert-OH is 1. The number of benzene rings is 2. The molecule has 14 nitrogen and oxygen atoms in total. The van der Waals surface area contributed by atoms with E-state index in [1.807, 2.05) is 60.7 Å². The molecule has 53 heavy (non-hydrogen) atoms. The van der Waals surface area contributed by atoms with Crippen molar-refractivity contribution in [2.75, 3.05) is 6.54 Å². The van der Waals surface area contributed by atoms with Crippen LogP contribution in [0.25, 0.3) is 22.0 Å². The number of hydrogen-bond acceptors (Lipinski definition) is 10. The molecule has 2 heterocycles. The summed E-state index contributed by atoms with van der Waals surface area (Å²) in [6, 6.07) is 16.2. The summed E-state index contributed by atoms with van der Waals surface area (Å²) in [5, 5.41) is 16.7. The monoisotopic (exact) mass is 747 g/mol. The summed E-state index contributed by atoms with van der Waals surface area (Å²) in [6.45, 7) is 9.86. The minimum Gasteiger partial charge on any atom is -0.472 e. The second-order valence-corrected chi connectivity index (χ2v) is 16.9. The molecule has 3 aliphatic rings. The van der Waals surface area contributed by atoms with E-state index in [0.717, 1.165) is 10.9 Å². The van der Waals surface area contributed by atoms with E-state index in [2.05, 4.69) is 21.9 Å². The lowest BCUT2D eigenvalue weighted by Crippen LogP contribution is -2.60. The third-order valence-corrected chi connectivity index (χ3v) is 11.4. The predicted molar refractivity (Wildman–Crippen MR) is 196 cm³/mol. The number of nitrogens with one attached hydrogen (secondary N) is 3. The molecule has 4 amide bonds. The molecule has 3 aromatic rings. The van der Waals surface area contributed by atoms with Crippen LogP contribution in [-0.4, -0.2) is 94.4 Å². The SMILES string of the molecule is C=C[C@H]1C[C@@]1(NC(=O)[C@H]1C[C@@H](Oc2nc(-c3ccccc3)cc3ccccc23)CN1C(=O)[C@@H](NC(=O)OC(C)(C)C)[C@H](C)O)C(=O)NS(=O)(=O)C1CC1. The molecule has 0 radical (unpaired) electrons. The number of likely N-dealkylation sites (tertiary alicyclic amines) is 1. The topological polar surface area (TPSA) is 193 Å². The van der Waals surface area contributed by atoms with Crippen molar-refractivity contribution in [3.63, 3.8) is 0 Å². The van der Waals surface area contributed by atoms with Crippen molar-refractivity contribution in [3.8, 4) is 17.1 Å². The predicted octanol–water partition coefficient (Wildman–Crippen LogP) is 3.19. The van der Waals surface area contributed by atoms with Crippen LogP contribution in [0.2, 0.25) is 0 Å². The van der Waals surface area contributed by atoms with Crippen molar-refractivity contribution in [1.82, 2.24) is 25.2 Å². The highest BCUT2D eigenvalue weighted by Crippen LogP contribution is 2.45. The Hall–Kier alpha value is -5.02. The maximum Gasteiger partial charge on any atom is 0.408 e. The second kappa shape index (κ2) is 14.4. The van der Waals surface area contributed by atoms with Crippen LogP contribution in [0.5, 0.6) is 5.88 Å². The Bertz CT molecular complexity index is 2030. The molecule has 1 aliphatic heterocycles. The number of carbonyl (C=O) groups is 4. The average molecular weight is 748 g/mol. The second-order valence-electron chi connectivity index (χ2n) is 14.9. The summed E-state index contributed by atoms with van der Waals surface area (Å²) in [5.74, 6) is -2.71. The van der Waals surface area contributed by atoms with Gasteiger partial charge in [0.1, 0.15) is 29.3 Å². The standard InChI is InChI=1S/C38H45N5O9S/c1-6-25-20-38(25,35(47)42-53(49,50)27-16-17-27)41-32(45)30-19-26(21-43(30)34(46)31(22(2)44)40-36(48)52-37(3,4)5)51-33-28-15-11-10-14-24(28)18-29(39-33)23-12-8-7-9-13-23/h6-15,18,22,25-27,30-31,44H,1,16-17,19-21H2,2-5H3,(H,40,48)(H,41,45)(H,42,47)/t22-,25-,26+,30+,31-,38-/m0/s1. The smallest absolute Gasteiger partial charge is 0.408 e.